The van der Waals surface area contributed by atoms with E-state index < -0.39 is 9.85 Å². The van der Waals surface area contributed by atoms with Crippen molar-refractivity contribution in [3.05, 3.63) is 67.8 Å². The van der Waals surface area contributed by atoms with E-state index in [1.807, 2.05) is 0 Å². The molecule has 0 radical (unpaired) electrons. The van der Waals surface area contributed by atoms with Gasteiger partial charge in [-0.25, -0.2) is 0 Å². The van der Waals surface area contributed by atoms with Gasteiger partial charge < -0.3 is 9.68 Å². The summed E-state index contributed by atoms with van der Waals surface area (Å²) in [6, 6.07) is 8.76. The summed E-state index contributed by atoms with van der Waals surface area (Å²) in [6.45, 7) is 0. The van der Waals surface area contributed by atoms with Gasteiger partial charge in [-0.3, -0.25) is 30.2 Å². The van der Waals surface area contributed by atoms with E-state index >= 15 is 0 Å². The number of non-ortho nitro benzene ring substituents is 2. The Hall–Kier alpha value is -3.86. The van der Waals surface area contributed by atoms with Crippen LogP contribution in [-0.2, 0) is 0 Å². The summed E-state index contributed by atoms with van der Waals surface area (Å²) in [5.74, 6) is 0.584. The third kappa shape index (κ3) is 6.60. The third-order valence-corrected chi connectivity index (χ3v) is 6.21. The summed E-state index contributed by atoms with van der Waals surface area (Å²) in [6.07, 6.45) is 11.6. The van der Waals surface area contributed by atoms with Gasteiger partial charge in [-0.2, -0.15) is 0 Å². The molecule has 1 N–H and O–H groups in total. The first-order valence-corrected chi connectivity index (χ1v) is 11.7. The zero-order valence-electron chi connectivity index (χ0n) is 19.2. The lowest BCUT2D eigenvalue weighted by Crippen LogP contribution is -2.24. The van der Waals surface area contributed by atoms with Gasteiger partial charge in [0, 0.05) is 65.5 Å². The van der Waals surface area contributed by atoms with E-state index in [0.29, 0.717) is 22.6 Å². The molecule has 0 saturated heterocycles. The third-order valence-electron chi connectivity index (χ3n) is 6.21. The summed E-state index contributed by atoms with van der Waals surface area (Å²) >= 11 is 0. The second kappa shape index (κ2) is 11.5. The van der Waals surface area contributed by atoms with Crippen LogP contribution < -0.4 is 15.3 Å². The van der Waals surface area contributed by atoms with Crippen molar-refractivity contribution in [2.24, 2.45) is 9.98 Å². The lowest BCUT2D eigenvalue weighted by Gasteiger charge is -2.12. The average Bonchev–Trinajstić information content (AvgIpc) is 3.56. The lowest BCUT2D eigenvalue weighted by molar-refractivity contribution is -0.385. The van der Waals surface area contributed by atoms with Crippen LogP contribution in [0.2, 0.25) is 0 Å². The molecule has 0 amide bonds. The highest BCUT2D eigenvalue weighted by atomic mass is 16.9. The Balaban J connectivity index is 1.48. The molecular formula is C24H27N5O6. The summed E-state index contributed by atoms with van der Waals surface area (Å²) in [5, 5.41) is 22.4. The molecule has 2 aromatic rings. The van der Waals surface area contributed by atoms with Gasteiger partial charge in [0.1, 0.15) is 0 Å². The van der Waals surface area contributed by atoms with E-state index in [4.69, 9.17) is 9.68 Å². The Morgan fingerprint density at radius 2 is 1.14 bits per heavy atom. The predicted molar refractivity (Wildman–Crippen MR) is 130 cm³/mol. The number of benzene rings is 2. The van der Waals surface area contributed by atoms with Crippen LogP contribution in [0.25, 0.3) is 0 Å². The molecule has 35 heavy (non-hydrogen) atoms. The van der Waals surface area contributed by atoms with Gasteiger partial charge in [-0.15, -0.1) is 0 Å². The standard InChI is InChI=1S/C24H27N5O6/c30-28(31)21-9-11-23(17(13-21)15-25-19-5-1-2-6-19)34-27-35-24-12-10-22(29(32)33)14-18(24)16-26-20-7-3-4-8-20/h9-16,19-20,27H,1-8H2. The SMILES string of the molecule is O=[N+]([O-])c1ccc(ONOc2ccc([N+](=O)[O-])cc2C=NC2CCCC2)c(C=NC2CCCC2)c1. The molecule has 2 aliphatic carbocycles. The average molecular weight is 482 g/mol. The van der Waals surface area contributed by atoms with Gasteiger partial charge in [0.2, 0.25) is 0 Å². The predicted octanol–water partition coefficient (Wildman–Crippen LogP) is 5.10. The molecule has 0 bridgehead atoms. The Kier molecular flexibility index (Phi) is 7.99. The molecule has 0 unspecified atom stereocenters. The zero-order chi connectivity index (χ0) is 24.6. The molecule has 11 heteroatoms. The number of rotatable bonds is 10. The number of nitrogens with zero attached hydrogens (tertiary/aromatic N) is 4. The number of nitro groups is 2. The van der Waals surface area contributed by atoms with Crippen LogP contribution in [0.3, 0.4) is 0 Å². The summed E-state index contributed by atoms with van der Waals surface area (Å²) in [5.41, 5.74) is 3.11. The molecule has 2 aliphatic rings. The number of hydrogen-bond acceptors (Lipinski definition) is 9. The number of aliphatic imine (C=N–C) groups is 2. The van der Waals surface area contributed by atoms with Crippen molar-refractivity contribution in [2.45, 2.75) is 63.5 Å². The van der Waals surface area contributed by atoms with Crippen molar-refractivity contribution in [2.75, 3.05) is 0 Å². The van der Waals surface area contributed by atoms with Crippen LogP contribution in [0.4, 0.5) is 11.4 Å². The Bertz CT molecular complexity index is 1040. The van der Waals surface area contributed by atoms with Crippen LogP contribution >= 0.6 is 0 Å². The minimum Gasteiger partial charge on any atom is -0.373 e. The van der Waals surface area contributed by atoms with Gasteiger partial charge >= 0.3 is 0 Å². The minimum absolute atomic E-state index is 0.0769. The second-order valence-electron chi connectivity index (χ2n) is 8.68. The maximum absolute atomic E-state index is 11.2. The van der Waals surface area contributed by atoms with Crippen molar-refractivity contribution >= 4 is 23.8 Å². The zero-order valence-corrected chi connectivity index (χ0v) is 19.2. The quantitative estimate of drug-likeness (QED) is 0.282. The molecule has 184 valence electrons. The van der Waals surface area contributed by atoms with E-state index in [1.165, 1.54) is 36.4 Å². The summed E-state index contributed by atoms with van der Waals surface area (Å²) < 4.78 is 0. The maximum atomic E-state index is 11.2. The molecule has 2 saturated carbocycles. The summed E-state index contributed by atoms with van der Waals surface area (Å²) in [4.78, 5) is 41.6. The van der Waals surface area contributed by atoms with Crippen LogP contribution in [0, 0.1) is 20.2 Å². The molecule has 0 spiro atoms. The van der Waals surface area contributed by atoms with Gasteiger partial charge in [0.25, 0.3) is 11.4 Å². The Morgan fingerprint density at radius 3 is 1.51 bits per heavy atom. The maximum Gasteiger partial charge on any atom is 0.270 e. The molecule has 4 rings (SSSR count). The van der Waals surface area contributed by atoms with E-state index in [1.54, 1.807) is 12.4 Å². The molecule has 0 aromatic heterocycles. The van der Waals surface area contributed by atoms with Gasteiger partial charge in [0.15, 0.2) is 11.5 Å². The Morgan fingerprint density at radius 1 is 0.743 bits per heavy atom. The number of nitrogens with one attached hydrogen (secondary N) is 1. The fraction of sp³-hybridized carbons (Fsp3) is 0.417. The second-order valence-corrected chi connectivity index (χ2v) is 8.68. The van der Waals surface area contributed by atoms with E-state index in [0.717, 1.165) is 51.4 Å². The number of hydrogen-bond donors (Lipinski definition) is 1. The smallest absolute Gasteiger partial charge is 0.270 e. The van der Waals surface area contributed by atoms with Crippen molar-refractivity contribution in [3.8, 4) is 11.5 Å². The highest BCUT2D eigenvalue weighted by Crippen LogP contribution is 2.27. The van der Waals surface area contributed by atoms with Crippen LogP contribution in [0.1, 0.15) is 62.5 Å². The van der Waals surface area contributed by atoms with Crippen LogP contribution in [-0.4, -0.2) is 34.4 Å². The monoisotopic (exact) mass is 481 g/mol. The molecule has 11 nitrogen and oxygen atoms in total. The van der Waals surface area contributed by atoms with Crippen molar-refractivity contribution in [3.63, 3.8) is 0 Å². The Labute approximate surface area is 202 Å². The van der Waals surface area contributed by atoms with Crippen molar-refractivity contribution in [1.29, 1.82) is 0 Å². The van der Waals surface area contributed by atoms with Crippen molar-refractivity contribution in [1.82, 2.24) is 5.64 Å². The first-order valence-electron chi connectivity index (χ1n) is 11.7. The molecule has 2 aromatic carbocycles. The topological polar surface area (TPSA) is 141 Å². The molecule has 2 fully saturated rings. The molecule has 0 aliphatic heterocycles. The lowest BCUT2D eigenvalue weighted by atomic mass is 10.2. The first-order chi connectivity index (χ1) is 17.0. The molecule has 0 atom stereocenters. The first kappa shape index (κ1) is 24.3. The van der Waals surface area contributed by atoms with Crippen LogP contribution in [0.15, 0.2) is 46.4 Å². The highest BCUT2D eigenvalue weighted by molar-refractivity contribution is 5.85. The summed E-state index contributed by atoms with van der Waals surface area (Å²) in [7, 11) is 0. The van der Waals surface area contributed by atoms with Gasteiger partial charge in [-0.05, 0) is 37.8 Å². The molecule has 0 heterocycles. The van der Waals surface area contributed by atoms with E-state index in [9.17, 15) is 20.2 Å². The van der Waals surface area contributed by atoms with Crippen molar-refractivity contribution < 1.29 is 19.5 Å². The van der Waals surface area contributed by atoms with E-state index in [-0.39, 0.29) is 23.5 Å². The number of nitro benzene ring substituents is 2. The molecular weight excluding hydrogens is 454 g/mol. The van der Waals surface area contributed by atoms with Gasteiger partial charge in [0.05, 0.1) is 9.85 Å². The fourth-order valence-corrected chi connectivity index (χ4v) is 4.28. The van der Waals surface area contributed by atoms with Crippen LogP contribution in [0.5, 0.6) is 11.5 Å². The largest absolute Gasteiger partial charge is 0.373 e. The normalized spacial score (nSPS) is 16.9. The fourth-order valence-electron chi connectivity index (χ4n) is 4.28. The van der Waals surface area contributed by atoms with E-state index in [2.05, 4.69) is 15.6 Å². The minimum atomic E-state index is -0.479. The highest BCUT2D eigenvalue weighted by Gasteiger charge is 2.17. The van der Waals surface area contributed by atoms with Gasteiger partial charge in [-0.1, -0.05) is 25.7 Å².